The third-order valence-electron chi connectivity index (χ3n) is 1.00. The Hall–Kier alpha value is -0.720. The maximum Gasteiger partial charge on any atom is 0.142 e. The molecule has 0 unspecified atom stereocenters. The van der Waals surface area contributed by atoms with Crippen LogP contribution < -0.4 is 0 Å². The zero-order chi connectivity index (χ0) is 7.33. The molecule has 9 heavy (non-hydrogen) atoms. The minimum atomic E-state index is -2.03. The summed E-state index contributed by atoms with van der Waals surface area (Å²) >= 11 is 0. The van der Waals surface area contributed by atoms with Crippen molar-refractivity contribution in [1.29, 1.82) is 5.26 Å². The lowest BCUT2D eigenvalue weighted by molar-refractivity contribution is 0.171. The molecule has 0 N–H and O–H groups in total. The van der Waals surface area contributed by atoms with Crippen LogP contribution in [0.25, 0.3) is 0 Å². The first-order chi connectivity index (χ1) is 4.24. The van der Waals surface area contributed by atoms with E-state index in [0.29, 0.717) is 0 Å². The van der Waals surface area contributed by atoms with Crippen molar-refractivity contribution in [2.45, 2.75) is 0 Å². The summed E-state index contributed by atoms with van der Waals surface area (Å²) in [4.78, 5) is 0. The fourth-order valence-electron chi connectivity index (χ4n) is 0.197. The van der Waals surface area contributed by atoms with E-state index in [2.05, 4.69) is 0 Å². The Labute approximate surface area is 51.1 Å². The number of halogens is 3. The van der Waals surface area contributed by atoms with Gasteiger partial charge >= 0.3 is 0 Å². The first kappa shape index (κ1) is 8.28. The van der Waals surface area contributed by atoms with Crippen molar-refractivity contribution in [3.8, 4) is 6.07 Å². The molecule has 1 nitrogen and oxygen atoms in total. The van der Waals surface area contributed by atoms with Gasteiger partial charge in [0.15, 0.2) is 0 Å². The normalized spacial score (nSPS) is 10.9. The largest absolute Gasteiger partial charge is 0.249 e. The Kier molecular flexibility index (Phi) is 3.07. The van der Waals surface area contributed by atoms with Crippen LogP contribution in [0.1, 0.15) is 0 Å². The van der Waals surface area contributed by atoms with E-state index >= 15 is 0 Å². The predicted molar refractivity (Wildman–Crippen MR) is 26.0 cm³/mol. The number of hydrogen-bond donors (Lipinski definition) is 0. The molecule has 0 saturated carbocycles. The van der Waals surface area contributed by atoms with Gasteiger partial charge < -0.3 is 0 Å². The Morgan fingerprint density at radius 2 is 1.44 bits per heavy atom. The molecule has 0 radical (unpaired) electrons. The zero-order valence-electron chi connectivity index (χ0n) is 4.70. The van der Waals surface area contributed by atoms with Gasteiger partial charge in [-0.1, -0.05) is 0 Å². The highest BCUT2D eigenvalue weighted by Gasteiger charge is 2.30. The van der Waals surface area contributed by atoms with E-state index < -0.39 is 25.4 Å². The quantitative estimate of drug-likeness (QED) is 0.576. The highest BCUT2D eigenvalue weighted by molar-refractivity contribution is 4.98. The van der Waals surface area contributed by atoms with Crippen molar-refractivity contribution in [2.75, 3.05) is 20.0 Å². The molecule has 0 bridgehead atoms. The molecule has 0 heterocycles. The first-order valence-electron chi connectivity index (χ1n) is 2.34. The SMILES string of the molecule is N#CC(CF)(CF)CF. The minimum absolute atomic E-state index is 1.24. The maximum absolute atomic E-state index is 11.6. The van der Waals surface area contributed by atoms with Crippen LogP contribution >= 0.6 is 0 Å². The van der Waals surface area contributed by atoms with Crippen molar-refractivity contribution < 1.29 is 13.2 Å². The molecule has 0 aliphatic heterocycles. The Morgan fingerprint density at radius 1 is 1.11 bits per heavy atom. The maximum atomic E-state index is 11.6. The summed E-state index contributed by atoms with van der Waals surface area (Å²) in [5.41, 5.74) is -2.03. The molecular weight excluding hydrogens is 131 g/mol. The Balaban J connectivity index is 4.04. The standard InChI is InChI=1S/C5H6F3N/c6-1-5(2-7,3-8)4-9/h1-3H2. The van der Waals surface area contributed by atoms with Crippen LogP contribution in [0.4, 0.5) is 13.2 Å². The summed E-state index contributed by atoms with van der Waals surface area (Å²) in [5, 5.41) is 8.01. The lowest BCUT2D eigenvalue weighted by Crippen LogP contribution is -2.26. The van der Waals surface area contributed by atoms with Crippen LogP contribution in [-0.4, -0.2) is 20.0 Å². The van der Waals surface area contributed by atoms with E-state index in [1.165, 1.54) is 6.07 Å². The average Bonchev–Trinajstić information content (AvgIpc) is 1.95. The average molecular weight is 137 g/mol. The van der Waals surface area contributed by atoms with Gasteiger partial charge in [0.2, 0.25) is 0 Å². The third kappa shape index (κ3) is 1.60. The topological polar surface area (TPSA) is 23.8 Å². The number of nitriles is 1. The van der Waals surface area contributed by atoms with E-state index in [9.17, 15) is 13.2 Å². The summed E-state index contributed by atoms with van der Waals surface area (Å²) in [5.74, 6) is 0. The van der Waals surface area contributed by atoms with E-state index in [1.54, 1.807) is 0 Å². The molecule has 0 spiro atoms. The molecular formula is C5H6F3N. The van der Waals surface area contributed by atoms with Crippen LogP contribution in [0.3, 0.4) is 0 Å². The van der Waals surface area contributed by atoms with Gasteiger partial charge in [0, 0.05) is 0 Å². The van der Waals surface area contributed by atoms with Crippen molar-refractivity contribution in [1.82, 2.24) is 0 Å². The van der Waals surface area contributed by atoms with Crippen LogP contribution in [-0.2, 0) is 0 Å². The lowest BCUT2D eigenvalue weighted by atomic mass is 9.96. The molecule has 0 amide bonds. The van der Waals surface area contributed by atoms with Gasteiger partial charge in [-0.15, -0.1) is 0 Å². The van der Waals surface area contributed by atoms with Crippen LogP contribution in [0.2, 0.25) is 0 Å². The van der Waals surface area contributed by atoms with Gasteiger partial charge in [-0.05, 0) is 0 Å². The molecule has 52 valence electrons. The van der Waals surface area contributed by atoms with Crippen molar-refractivity contribution in [3.05, 3.63) is 0 Å². The van der Waals surface area contributed by atoms with Gasteiger partial charge in [-0.25, -0.2) is 13.2 Å². The van der Waals surface area contributed by atoms with E-state index in [-0.39, 0.29) is 0 Å². The summed E-state index contributed by atoms with van der Waals surface area (Å²) in [7, 11) is 0. The number of rotatable bonds is 3. The molecule has 0 fully saturated rings. The molecule has 0 rings (SSSR count). The van der Waals surface area contributed by atoms with Gasteiger partial charge in [-0.3, -0.25) is 0 Å². The van der Waals surface area contributed by atoms with E-state index in [4.69, 9.17) is 5.26 Å². The van der Waals surface area contributed by atoms with Crippen LogP contribution in [0, 0.1) is 16.7 Å². The van der Waals surface area contributed by atoms with Crippen LogP contribution in [0.5, 0.6) is 0 Å². The molecule has 4 heteroatoms. The second-order valence-corrected chi connectivity index (χ2v) is 1.79. The molecule has 0 aromatic rings. The third-order valence-corrected chi connectivity index (χ3v) is 1.00. The number of nitrogens with zero attached hydrogens (tertiary/aromatic N) is 1. The summed E-state index contributed by atoms with van der Waals surface area (Å²) in [6.07, 6.45) is 0. The summed E-state index contributed by atoms with van der Waals surface area (Å²) < 4.78 is 34.8. The molecule has 0 atom stereocenters. The first-order valence-corrected chi connectivity index (χ1v) is 2.34. The second-order valence-electron chi connectivity index (χ2n) is 1.79. The van der Waals surface area contributed by atoms with Crippen molar-refractivity contribution in [3.63, 3.8) is 0 Å². The predicted octanol–water partition coefficient (Wildman–Crippen LogP) is 1.40. The highest BCUT2D eigenvalue weighted by Crippen LogP contribution is 2.17. The number of hydrogen-bond acceptors (Lipinski definition) is 1. The highest BCUT2D eigenvalue weighted by atomic mass is 19.1. The van der Waals surface area contributed by atoms with Gasteiger partial charge in [-0.2, -0.15) is 5.26 Å². The summed E-state index contributed by atoms with van der Waals surface area (Å²) in [6, 6.07) is 1.24. The van der Waals surface area contributed by atoms with Crippen molar-refractivity contribution >= 4 is 0 Å². The molecule has 0 aromatic heterocycles. The molecule has 0 saturated heterocycles. The van der Waals surface area contributed by atoms with Crippen LogP contribution in [0.15, 0.2) is 0 Å². The molecule has 0 aliphatic carbocycles. The molecule has 0 aliphatic rings. The van der Waals surface area contributed by atoms with Gasteiger partial charge in [0.05, 0.1) is 6.07 Å². The smallest absolute Gasteiger partial charge is 0.142 e. The minimum Gasteiger partial charge on any atom is -0.249 e. The van der Waals surface area contributed by atoms with Crippen molar-refractivity contribution in [2.24, 2.45) is 5.41 Å². The fraction of sp³-hybridized carbons (Fsp3) is 0.800. The van der Waals surface area contributed by atoms with Gasteiger partial charge in [0.25, 0.3) is 0 Å². The number of alkyl halides is 3. The molecule has 0 aromatic carbocycles. The fourth-order valence-corrected chi connectivity index (χ4v) is 0.197. The zero-order valence-corrected chi connectivity index (χ0v) is 4.70. The van der Waals surface area contributed by atoms with E-state index in [0.717, 1.165) is 0 Å². The van der Waals surface area contributed by atoms with E-state index in [1.807, 2.05) is 0 Å². The second kappa shape index (κ2) is 3.33. The Morgan fingerprint density at radius 3 is 1.44 bits per heavy atom. The van der Waals surface area contributed by atoms with Gasteiger partial charge in [0.1, 0.15) is 25.4 Å². The lowest BCUT2D eigenvalue weighted by Gasteiger charge is -2.12. The Bertz CT molecular complexity index is 106. The monoisotopic (exact) mass is 137 g/mol. The summed E-state index contributed by atoms with van der Waals surface area (Å²) in [6.45, 7) is -3.80.